The molecular formula is C14H25N3O3. The standard InChI is InChI=1S/C14H25N3O3/c1-11(2)17-12(18)14(5-7-15(3)8-6-14)16(13(17)19)9-10-20-4/h11H,5-10H2,1-4H3. The Labute approximate surface area is 120 Å². The van der Waals surface area contributed by atoms with E-state index < -0.39 is 5.54 Å². The van der Waals surface area contributed by atoms with Gasteiger partial charge in [-0.3, -0.25) is 9.69 Å². The minimum Gasteiger partial charge on any atom is -0.383 e. The Morgan fingerprint density at radius 3 is 2.35 bits per heavy atom. The molecule has 2 aliphatic rings. The summed E-state index contributed by atoms with van der Waals surface area (Å²) in [5.41, 5.74) is -0.646. The zero-order valence-corrected chi connectivity index (χ0v) is 12.9. The maximum absolute atomic E-state index is 12.8. The van der Waals surface area contributed by atoms with Gasteiger partial charge in [0.15, 0.2) is 0 Å². The monoisotopic (exact) mass is 283 g/mol. The summed E-state index contributed by atoms with van der Waals surface area (Å²) in [7, 11) is 3.66. The van der Waals surface area contributed by atoms with Crippen molar-refractivity contribution in [1.29, 1.82) is 0 Å². The summed E-state index contributed by atoms with van der Waals surface area (Å²) in [6, 6.07) is -0.259. The Bertz CT molecular complexity index is 389. The van der Waals surface area contributed by atoms with Crippen LogP contribution in [0, 0.1) is 0 Å². The van der Waals surface area contributed by atoms with E-state index in [1.165, 1.54) is 4.90 Å². The Morgan fingerprint density at radius 2 is 1.85 bits per heavy atom. The van der Waals surface area contributed by atoms with Gasteiger partial charge < -0.3 is 14.5 Å². The highest BCUT2D eigenvalue weighted by Gasteiger charge is 2.57. The van der Waals surface area contributed by atoms with Crippen LogP contribution in [-0.2, 0) is 9.53 Å². The molecule has 0 N–H and O–H groups in total. The molecular weight excluding hydrogens is 258 g/mol. The summed E-state index contributed by atoms with van der Waals surface area (Å²) in [5, 5.41) is 0. The van der Waals surface area contributed by atoms with Crippen LogP contribution in [0.3, 0.4) is 0 Å². The number of likely N-dealkylation sites (tertiary alicyclic amines) is 1. The number of urea groups is 1. The molecule has 0 aromatic rings. The molecule has 2 rings (SSSR count). The highest BCUT2D eigenvalue weighted by Crippen LogP contribution is 2.37. The number of nitrogens with zero attached hydrogens (tertiary/aromatic N) is 3. The second-order valence-corrected chi connectivity index (χ2v) is 6.03. The first-order chi connectivity index (χ1) is 9.44. The molecule has 0 bridgehead atoms. The first kappa shape index (κ1) is 15.3. The van der Waals surface area contributed by atoms with E-state index in [1.807, 2.05) is 20.9 Å². The zero-order chi connectivity index (χ0) is 14.9. The SMILES string of the molecule is COCCN1C(=O)N(C(C)C)C(=O)C12CCN(C)CC2. The van der Waals surface area contributed by atoms with Gasteiger partial charge in [-0.15, -0.1) is 0 Å². The molecule has 3 amide bonds. The van der Waals surface area contributed by atoms with Gasteiger partial charge in [-0.25, -0.2) is 4.79 Å². The topological polar surface area (TPSA) is 53.1 Å². The lowest BCUT2D eigenvalue weighted by Crippen LogP contribution is -2.56. The van der Waals surface area contributed by atoms with Crippen molar-refractivity contribution in [2.45, 2.75) is 38.3 Å². The fraction of sp³-hybridized carbons (Fsp3) is 0.857. The van der Waals surface area contributed by atoms with Crippen LogP contribution in [0.15, 0.2) is 0 Å². The summed E-state index contributed by atoms with van der Waals surface area (Å²) in [6.45, 7) is 6.40. The minimum absolute atomic E-state index is 0.0262. The molecule has 2 aliphatic heterocycles. The fourth-order valence-corrected chi connectivity index (χ4v) is 3.16. The van der Waals surface area contributed by atoms with Gasteiger partial charge in [-0.2, -0.15) is 0 Å². The molecule has 6 heteroatoms. The molecule has 0 radical (unpaired) electrons. The van der Waals surface area contributed by atoms with Crippen LogP contribution in [0.25, 0.3) is 0 Å². The third kappa shape index (κ3) is 2.31. The quantitative estimate of drug-likeness (QED) is 0.715. The van der Waals surface area contributed by atoms with Crippen LogP contribution in [0.2, 0.25) is 0 Å². The molecule has 2 fully saturated rings. The largest absolute Gasteiger partial charge is 0.383 e. The van der Waals surface area contributed by atoms with Crippen molar-refractivity contribution in [3.05, 3.63) is 0 Å². The molecule has 1 spiro atoms. The Hall–Kier alpha value is -1.14. The predicted molar refractivity (Wildman–Crippen MR) is 75.4 cm³/mol. The summed E-state index contributed by atoms with van der Waals surface area (Å²) in [4.78, 5) is 30.8. The molecule has 6 nitrogen and oxygen atoms in total. The number of hydrogen-bond donors (Lipinski definition) is 0. The van der Waals surface area contributed by atoms with Gasteiger partial charge in [0.2, 0.25) is 0 Å². The maximum Gasteiger partial charge on any atom is 0.327 e. The minimum atomic E-state index is -0.646. The number of ether oxygens (including phenoxy) is 1. The summed E-state index contributed by atoms with van der Waals surface area (Å²) < 4.78 is 5.10. The lowest BCUT2D eigenvalue weighted by molar-refractivity contribution is -0.136. The molecule has 20 heavy (non-hydrogen) atoms. The first-order valence-corrected chi connectivity index (χ1v) is 7.27. The van der Waals surface area contributed by atoms with Crippen LogP contribution in [0.1, 0.15) is 26.7 Å². The van der Waals surface area contributed by atoms with Crippen LogP contribution in [-0.4, -0.2) is 78.6 Å². The van der Waals surface area contributed by atoms with E-state index in [1.54, 1.807) is 12.0 Å². The van der Waals surface area contributed by atoms with Gasteiger partial charge in [0.05, 0.1) is 6.61 Å². The molecule has 0 saturated carbocycles. The summed E-state index contributed by atoms with van der Waals surface area (Å²) >= 11 is 0. The number of carbonyl (C=O) groups excluding carboxylic acids is 2. The van der Waals surface area contributed by atoms with Gasteiger partial charge in [0.25, 0.3) is 5.91 Å². The van der Waals surface area contributed by atoms with Gasteiger partial charge in [-0.05, 0) is 33.7 Å². The van der Waals surface area contributed by atoms with Crippen molar-refractivity contribution in [3.8, 4) is 0 Å². The highest BCUT2D eigenvalue weighted by atomic mass is 16.5. The molecule has 2 heterocycles. The van der Waals surface area contributed by atoms with Crippen LogP contribution in [0.5, 0.6) is 0 Å². The zero-order valence-electron chi connectivity index (χ0n) is 12.9. The first-order valence-electron chi connectivity index (χ1n) is 7.27. The molecule has 0 unspecified atom stereocenters. The smallest absolute Gasteiger partial charge is 0.327 e. The fourth-order valence-electron chi connectivity index (χ4n) is 3.16. The molecule has 114 valence electrons. The number of amides is 3. The van der Waals surface area contributed by atoms with Crippen molar-refractivity contribution >= 4 is 11.9 Å². The summed E-state index contributed by atoms with van der Waals surface area (Å²) in [6.07, 6.45) is 1.42. The van der Waals surface area contributed by atoms with E-state index in [0.717, 1.165) is 13.1 Å². The second kappa shape index (κ2) is 5.69. The molecule has 0 atom stereocenters. The van der Waals surface area contributed by atoms with Gasteiger partial charge in [-0.1, -0.05) is 0 Å². The van der Waals surface area contributed by atoms with E-state index in [2.05, 4.69) is 4.90 Å². The van der Waals surface area contributed by atoms with E-state index in [9.17, 15) is 9.59 Å². The van der Waals surface area contributed by atoms with Crippen LogP contribution >= 0.6 is 0 Å². The molecule has 0 aliphatic carbocycles. The lowest BCUT2D eigenvalue weighted by Gasteiger charge is -2.41. The molecule has 0 aromatic heterocycles. The van der Waals surface area contributed by atoms with Crippen molar-refractivity contribution in [1.82, 2.24) is 14.7 Å². The number of methoxy groups -OCH3 is 1. The van der Waals surface area contributed by atoms with Gasteiger partial charge in [0, 0.05) is 32.8 Å². The average Bonchev–Trinajstić information content (AvgIpc) is 2.60. The van der Waals surface area contributed by atoms with E-state index in [-0.39, 0.29) is 18.0 Å². The number of rotatable bonds is 4. The molecule has 2 saturated heterocycles. The van der Waals surface area contributed by atoms with Crippen LogP contribution < -0.4 is 0 Å². The highest BCUT2D eigenvalue weighted by molar-refractivity contribution is 6.07. The third-order valence-corrected chi connectivity index (χ3v) is 4.42. The van der Waals surface area contributed by atoms with Crippen molar-refractivity contribution in [2.24, 2.45) is 0 Å². The van der Waals surface area contributed by atoms with Crippen molar-refractivity contribution in [2.75, 3.05) is 40.4 Å². The summed E-state index contributed by atoms with van der Waals surface area (Å²) in [5.74, 6) is -0.0262. The number of hydrogen-bond acceptors (Lipinski definition) is 4. The Balaban J connectivity index is 2.30. The lowest BCUT2D eigenvalue weighted by atomic mass is 9.86. The van der Waals surface area contributed by atoms with Crippen molar-refractivity contribution < 1.29 is 14.3 Å². The van der Waals surface area contributed by atoms with Gasteiger partial charge >= 0.3 is 6.03 Å². The Kier molecular flexibility index (Phi) is 4.34. The van der Waals surface area contributed by atoms with E-state index in [0.29, 0.717) is 26.0 Å². The number of imide groups is 1. The Morgan fingerprint density at radius 1 is 1.25 bits per heavy atom. The maximum atomic E-state index is 12.8. The van der Waals surface area contributed by atoms with Crippen molar-refractivity contribution in [3.63, 3.8) is 0 Å². The van der Waals surface area contributed by atoms with Gasteiger partial charge in [0.1, 0.15) is 5.54 Å². The number of carbonyl (C=O) groups is 2. The molecule has 0 aromatic carbocycles. The second-order valence-electron chi connectivity index (χ2n) is 6.03. The number of piperidine rings is 1. The predicted octanol–water partition coefficient (Wildman–Crippen LogP) is 0.770. The normalized spacial score (nSPS) is 23.4. The van der Waals surface area contributed by atoms with E-state index in [4.69, 9.17) is 4.74 Å². The van der Waals surface area contributed by atoms with Crippen LogP contribution in [0.4, 0.5) is 4.79 Å². The average molecular weight is 283 g/mol. The van der Waals surface area contributed by atoms with E-state index >= 15 is 0 Å². The third-order valence-electron chi connectivity index (χ3n) is 4.42.